The maximum absolute atomic E-state index is 5.85. The molecule has 0 aliphatic heterocycles. The third-order valence-electron chi connectivity index (χ3n) is 6.74. The molecule has 0 aromatic heterocycles. The van der Waals surface area contributed by atoms with Crippen molar-refractivity contribution in [2.45, 2.75) is 145 Å². The molecule has 0 fully saturated rings. The first-order valence-corrected chi connectivity index (χ1v) is 13.7. The Hall–Kier alpha value is -0.0400. The Bertz CT molecular complexity index is 354. The van der Waals surface area contributed by atoms with E-state index in [0.29, 0.717) is 5.41 Å². The van der Waals surface area contributed by atoms with E-state index in [9.17, 15) is 0 Å². The predicted octanol–water partition coefficient (Wildman–Crippen LogP) is 10.1. The van der Waals surface area contributed by atoms with Crippen molar-refractivity contribution < 1.29 is 4.74 Å². The third kappa shape index (κ3) is 22.6. The molecule has 1 heteroatoms. The Morgan fingerprint density at radius 3 is 1.47 bits per heavy atom. The lowest BCUT2D eigenvalue weighted by atomic mass is 9.91. The van der Waals surface area contributed by atoms with Crippen LogP contribution < -0.4 is 0 Å². The first kappa shape index (κ1) is 30.0. The summed E-state index contributed by atoms with van der Waals surface area (Å²) in [7, 11) is 0. The lowest BCUT2D eigenvalue weighted by molar-refractivity contribution is 0.110. The monoisotopic (exact) mass is 424 g/mol. The summed E-state index contributed by atoms with van der Waals surface area (Å²) < 4.78 is 5.85. The second-order valence-corrected chi connectivity index (χ2v) is 12.3. The van der Waals surface area contributed by atoms with Crippen molar-refractivity contribution in [2.24, 2.45) is 29.1 Å². The number of unbranched alkanes of at least 4 members (excludes halogenated alkanes) is 2. The number of hydrogen-bond donors (Lipinski definition) is 0. The van der Waals surface area contributed by atoms with Crippen molar-refractivity contribution in [1.82, 2.24) is 0 Å². The number of hydrogen-bond acceptors (Lipinski definition) is 1. The molecular formula is C29H60O. The number of rotatable bonds is 20. The van der Waals surface area contributed by atoms with Crippen molar-refractivity contribution in [3.63, 3.8) is 0 Å². The highest BCUT2D eigenvalue weighted by molar-refractivity contribution is 4.62. The molecule has 0 aliphatic carbocycles. The van der Waals surface area contributed by atoms with Crippen LogP contribution in [0.4, 0.5) is 0 Å². The van der Waals surface area contributed by atoms with E-state index in [1.807, 2.05) is 0 Å². The van der Waals surface area contributed by atoms with Gasteiger partial charge in [-0.1, -0.05) is 126 Å². The maximum atomic E-state index is 5.85. The number of ether oxygens (including phenoxy) is 1. The molecule has 0 saturated carbocycles. The van der Waals surface area contributed by atoms with Gasteiger partial charge in [0.1, 0.15) is 0 Å². The van der Waals surface area contributed by atoms with Gasteiger partial charge in [-0.2, -0.15) is 0 Å². The van der Waals surface area contributed by atoms with Crippen LogP contribution in [0, 0.1) is 29.1 Å². The topological polar surface area (TPSA) is 9.23 Å². The summed E-state index contributed by atoms with van der Waals surface area (Å²) in [5, 5.41) is 0. The summed E-state index contributed by atoms with van der Waals surface area (Å²) in [5.74, 6) is 3.53. The zero-order valence-electron chi connectivity index (χ0n) is 22.5. The Labute approximate surface area is 192 Å². The van der Waals surface area contributed by atoms with Gasteiger partial charge in [0.2, 0.25) is 0 Å². The Morgan fingerprint density at radius 2 is 0.967 bits per heavy atom. The smallest absolute Gasteiger partial charge is 0.0468 e. The second-order valence-electron chi connectivity index (χ2n) is 12.3. The first-order valence-electron chi connectivity index (χ1n) is 13.7. The molecule has 0 bridgehead atoms. The van der Waals surface area contributed by atoms with Crippen LogP contribution in [0.2, 0.25) is 0 Å². The van der Waals surface area contributed by atoms with Crippen LogP contribution in [-0.2, 0) is 4.74 Å². The van der Waals surface area contributed by atoms with E-state index >= 15 is 0 Å². The minimum atomic E-state index is 0.443. The molecule has 0 saturated heterocycles. The van der Waals surface area contributed by atoms with Crippen molar-refractivity contribution in [3.05, 3.63) is 0 Å². The lowest BCUT2D eigenvalue weighted by Crippen LogP contribution is -2.08. The molecule has 0 heterocycles. The van der Waals surface area contributed by atoms with E-state index in [1.54, 1.807) is 0 Å². The Morgan fingerprint density at radius 1 is 0.500 bits per heavy atom. The predicted molar refractivity (Wildman–Crippen MR) is 137 cm³/mol. The molecule has 0 spiro atoms. The molecule has 0 amide bonds. The Kier molecular flexibility index (Phi) is 18.5. The highest BCUT2D eigenvalue weighted by Crippen LogP contribution is 2.23. The molecule has 0 aromatic rings. The summed E-state index contributed by atoms with van der Waals surface area (Å²) in [5.41, 5.74) is 0.443. The van der Waals surface area contributed by atoms with Crippen LogP contribution in [0.3, 0.4) is 0 Å². The van der Waals surface area contributed by atoms with Crippen LogP contribution in [0.1, 0.15) is 145 Å². The van der Waals surface area contributed by atoms with Crippen LogP contribution in [0.5, 0.6) is 0 Å². The highest BCUT2D eigenvalue weighted by Gasteiger charge is 2.10. The molecule has 0 aliphatic rings. The summed E-state index contributed by atoms with van der Waals surface area (Å²) >= 11 is 0. The summed E-state index contributed by atoms with van der Waals surface area (Å²) in [4.78, 5) is 0. The SMILES string of the molecule is CC(C)CCCCCC(C)CCCC(C)CCCC(C)CCOCCCC(C)(C)C. The molecule has 3 unspecified atom stereocenters. The van der Waals surface area contributed by atoms with Gasteiger partial charge >= 0.3 is 0 Å². The van der Waals surface area contributed by atoms with Gasteiger partial charge in [-0.25, -0.2) is 0 Å². The quantitative estimate of drug-likeness (QED) is 0.177. The van der Waals surface area contributed by atoms with Crippen LogP contribution in [0.25, 0.3) is 0 Å². The molecule has 0 rings (SSSR count). The summed E-state index contributed by atoms with van der Waals surface area (Å²) in [6.07, 6.45) is 19.4. The van der Waals surface area contributed by atoms with Gasteiger partial charge in [0.15, 0.2) is 0 Å². The average Bonchev–Trinajstić information content (AvgIpc) is 2.63. The highest BCUT2D eigenvalue weighted by atomic mass is 16.5. The van der Waals surface area contributed by atoms with Gasteiger partial charge in [0.25, 0.3) is 0 Å². The minimum Gasteiger partial charge on any atom is -0.381 e. The Balaban J connectivity index is 3.49. The first-order chi connectivity index (χ1) is 14.1. The average molecular weight is 425 g/mol. The molecular weight excluding hydrogens is 364 g/mol. The molecule has 1 nitrogen and oxygen atoms in total. The normalized spacial score (nSPS) is 15.5. The van der Waals surface area contributed by atoms with E-state index < -0.39 is 0 Å². The van der Waals surface area contributed by atoms with E-state index in [2.05, 4.69) is 55.4 Å². The van der Waals surface area contributed by atoms with Crippen LogP contribution in [0.15, 0.2) is 0 Å². The van der Waals surface area contributed by atoms with E-state index in [1.165, 1.54) is 89.9 Å². The molecule has 30 heavy (non-hydrogen) atoms. The zero-order valence-corrected chi connectivity index (χ0v) is 22.5. The van der Waals surface area contributed by atoms with Gasteiger partial charge in [-0.3, -0.25) is 0 Å². The minimum absolute atomic E-state index is 0.443. The van der Waals surface area contributed by atoms with Crippen molar-refractivity contribution in [3.8, 4) is 0 Å². The van der Waals surface area contributed by atoms with Crippen LogP contribution in [-0.4, -0.2) is 13.2 Å². The fraction of sp³-hybridized carbons (Fsp3) is 1.00. The van der Waals surface area contributed by atoms with Crippen molar-refractivity contribution in [1.29, 1.82) is 0 Å². The maximum Gasteiger partial charge on any atom is 0.0468 e. The van der Waals surface area contributed by atoms with Crippen molar-refractivity contribution in [2.75, 3.05) is 13.2 Å². The standard InChI is InChI=1S/C29H60O/c1-25(2)15-10-9-11-16-26(3)17-12-18-27(4)19-13-20-28(5)21-24-30-23-14-22-29(6,7)8/h25-28H,9-24H2,1-8H3. The van der Waals surface area contributed by atoms with Crippen molar-refractivity contribution >= 4 is 0 Å². The second kappa shape index (κ2) is 18.5. The van der Waals surface area contributed by atoms with Gasteiger partial charge in [0.05, 0.1) is 0 Å². The zero-order chi connectivity index (χ0) is 22.8. The van der Waals surface area contributed by atoms with Gasteiger partial charge < -0.3 is 4.74 Å². The van der Waals surface area contributed by atoms with Crippen LogP contribution >= 0.6 is 0 Å². The summed E-state index contributed by atoms with van der Waals surface area (Å²) in [6.45, 7) is 20.9. The molecule has 0 radical (unpaired) electrons. The van der Waals surface area contributed by atoms with Gasteiger partial charge in [-0.15, -0.1) is 0 Å². The van der Waals surface area contributed by atoms with Gasteiger partial charge in [0, 0.05) is 13.2 Å². The fourth-order valence-electron chi connectivity index (χ4n) is 4.38. The van der Waals surface area contributed by atoms with E-state index in [0.717, 1.165) is 36.9 Å². The van der Waals surface area contributed by atoms with Gasteiger partial charge in [-0.05, 0) is 48.3 Å². The molecule has 182 valence electrons. The molecule has 3 atom stereocenters. The fourth-order valence-corrected chi connectivity index (χ4v) is 4.38. The largest absolute Gasteiger partial charge is 0.381 e. The third-order valence-corrected chi connectivity index (χ3v) is 6.74. The molecule has 0 N–H and O–H groups in total. The molecule has 0 aromatic carbocycles. The van der Waals surface area contributed by atoms with E-state index in [-0.39, 0.29) is 0 Å². The lowest BCUT2D eigenvalue weighted by Gasteiger charge is -2.18. The van der Waals surface area contributed by atoms with E-state index in [4.69, 9.17) is 4.74 Å². The summed E-state index contributed by atoms with van der Waals surface area (Å²) in [6, 6.07) is 0.